The Bertz CT molecular complexity index is 1410. The lowest BCUT2D eigenvalue weighted by molar-refractivity contribution is -0.137. The molecule has 0 N–H and O–H groups in total. The van der Waals surface area contributed by atoms with Crippen molar-refractivity contribution < 1.29 is 30.7 Å². The van der Waals surface area contributed by atoms with Gasteiger partial charge in [-0.25, -0.2) is 17.7 Å². The molecule has 13 heteroatoms. The number of sulfonamides is 1. The smallest absolute Gasteiger partial charge is 0.416 e. The van der Waals surface area contributed by atoms with Crippen molar-refractivity contribution in [2.24, 2.45) is 0 Å². The van der Waals surface area contributed by atoms with Gasteiger partial charge in [-0.1, -0.05) is 17.4 Å². The van der Waals surface area contributed by atoms with Gasteiger partial charge in [-0.2, -0.15) is 27.8 Å². The monoisotopic (exact) mass is 484 g/mol. The Morgan fingerprint density at radius 2 is 1.72 bits per heavy atom. The summed E-state index contributed by atoms with van der Waals surface area (Å²) in [4.78, 5) is 3.57. The fourth-order valence-electron chi connectivity index (χ4n) is 2.94. The number of thiazole rings is 1. The van der Waals surface area contributed by atoms with E-state index in [4.69, 9.17) is 4.74 Å². The number of ether oxygens (including phenoxy) is 1. The molecular weight excluding hydrogens is 472 g/mol. The summed E-state index contributed by atoms with van der Waals surface area (Å²) in [6.45, 7) is 0. The summed E-state index contributed by atoms with van der Waals surface area (Å²) in [6, 6.07) is 6.43. The number of nitrogens with zero attached hydrogens (tertiary/aromatic N) is 4. The van der Waals surface area contributed by atoms with Crippen LogP contribution in [0.3, 0.4) is 0 Å². The summed E-state index contributed by atoms with van der Waals surface area (Å²) in [5, 5.41) is 7.43. The van der Waals surface area contributed by atoms with Crippen LogP contribution in [-0.2, 0) is 16.2 Å². The second kappa shape index (κ2) is 7.98. The van der Waals surface area contributed by atoms with Crippen molar-refractivity contribution in [2.75, 3.05) is 11.4 Å². The number of hydrogen-bond acceptors (Lipinski definition) is 7. The minimum atomic E-state index is -4.68. The Hall–Kier alpha value is -3.32. The van der Waals surface area contributed by atoms with E-state index in [1.807, 2.05) is 0 Å². The van der Waals surface area contributed by atoms with E-state index < -0.39 is 26.9 Å². The molecular formula is C19H12F4N4O3S2. The first-order valence-electron chi connectivity index (χ1n) is 8.73. The predicted octanol–water partition coefficient (Wildman–Crippen LogP) is 4.78. The topological polar surface area (TPSA) is 85.3 Å². The van der Waals surface area contributed by atoms with Gasteiger partial charge >= 0.3 is 6.18 Å². The standard InChI is InChI=1S/C19H12F4N4O3S2/c1-30-16-7-13(19(21,22)23)3-5-15(16)27(18-24-10-17(20)31-18)32(28,29)14-4-2-11-8-25-26-9-12(11)6-14/h2-10H,1H3. The molecule has 0 saturated carbocycles. The zero-order chi connectivity index (χ0) is 23.1. The van der Waals surface area contributed by atoms with E-state index in [9.17, 15) is 26.0 Å². The minimum absolute atomic E-state index is 0.212. The molecule has 0 unspecified atom stereocenters. The number of anilines is 2. The number of alkyl halides is 3. The average Bonchev–Trinajstić information content (AvgIpc) is 3.18. The quantitative estimate of drug-likeness (QED) is 0.379. The summed E-state index contributed by atoms with van der Waals surface area (Å²) in [5.74, 6) is -0.384. The van der Waals surface area contributed by atoms with Crippen molar-refractivity contribution in [3.05, 3.63) is 65.7 Å². The Morgan fingerprint density at radius 3 is 2.34 bits per heavy atom. The van der Waals surface area contributed by atoms with Crippen LogP contribution >= 0.6 is 11.3 Å². The highest BCUT2D eigenvalue weighted by Gasteiger charge is 2.35. The number of benzene rings is 2. The molecule has 0 aliphatic rings. The lowest BCUT2D eigenvalue weighted by Crippen LogP contribution is -2.27. The SMILES string of the molecule is COc1cc(C(F)(F)F)ccc1N(c1ncc(F)s1)S(=O)(=O)c1ccc2cnncc2c1. The number of hydrogen-bond donors (Lipinski definition) is 0. The van der Waals surface area contributed by atoms with Crippen molar-refractivity contribution >= 4 is 43.0 Å². The molecule has 32 heavy (non-hydrogen) atoms. The maximum Gasteiger partial charge on any atom is 0.416 e. The van der Waals surface area contributed by atoms with E-state index in [1.165, 1.54) is 30.6 Å². The molecule has 0 amide bonds. The zero-order valence-corrected chi connectivity index (χ0v) is 17.7. The van der Waals surface area contributed by atoms with Gasteiger partial charge in [-0.05, 0) is 30.3 Å². The molecule has 0 aliphatic heterocycles. The van der Waals surface area contributed by atoms with Gasteiger partial charge in [0.2, 0.25) is 5.13 Å². The highest BCUT2D eigenvalue weighted by molar-refractivity contribution is 7.93. The maximum absolute atomic E-state index is 13.7. The molecule has 0 atom stereocenters. The zero-order valence-electron chi connectivity index (χ0n) is 16.0. The fraction of sp³-hybridized carbons (Fsp3) is 0.105. The first-order chi connectivity index (χ1) is 15.1. The van der Waals surface area contributed by atoms with Crippen LogP contribution in [0.2, 0.25) is 0 Å². The van der Waals surface area contributed by atoms with Gasteiger partial charge < -0.3 is 4.74 Å². The average molecular weight is 484 g/mol. The van der Waals surface area contributed by atoms with Gasteiger partial charge in [0.25, 0.3) is 10.0 Å². The molecule has 0 radical (unpaired) electrons. The van der Waals surface area contributed by atoms with Gasteiger partial charge in [0, 0.05) is 10.8 Å². The van der Waals surface area contributed by atoms with Crippen LogP contribution in [-0.4, -0.2) is 30.7 Å². The summed E-state index contributed by atoms with van der Waals surface area (Å²) < 4.78 is 86.1. The Labute approximate surface area is 183 Å². The van der Waals surface area contributed by atoms with Crippen molar-refractivity contribution in [2.45, 2.75) is 11.1 Å². The lowest BCUT2D eigenvalue weighted by Gasteiger charge is -2.24. The van der Waals surface area contributed by atoms with Gasteiger partial charge in [0.05, 0.1) is 36.2 Å². The first-order valence-corrected chi connectivity index (χ1v) is 11.0. The summed E-state index contributed by atoms with van der Waals surface area (Å²) >= 11 is 0.414. The van der Waals surface area contributed by atoms with Crippen LogP contribution in [0.4, 0.5) is 28.4 Å². The molecule has 0 aliphatic carbocycles. The van der Waals surface area contributed by atoms with Crippen molar-refractivity contribution in [1.29, 1.82) is 0 Å². The van der Waals surface area contributed by atoms with Crippen LogP contribution in [0, 0.1) is 5.13 Å². The normalized spacial score (nSPS) is 12.2. The van der Waals surface area contributed by atoms with E-state index in [2.05, 4.69) is 15.2 Å². The molecule has 0 spiro atoms. The third-order valence-corrected chi connectivity index (χ3v) is 7.01. The number of halogens is 4. The predicted molar refractivity (Wildman–Crippen MR) is 109 cm³/mol. The fourth-order valence-corrected chi connectivity index (χ4v) is 5.30. The summed E-state index contributed by atoms with van der Waals surface area (Å²) in [7, 11) is -3.36. The van der Waals surface area contributed by atoms with E-state index in [0.29, 0.717) is 38.5 Å². The number of aromatic nitrogens is 3. The lowest BCUT2D eigenvalue weighted by atomic mass is 10.2. The van der Waals surface area contributed by atoms with Crippen LogP contribution in [0.5, 0.6) is 5.75 Å². The van der Waals surface area contributed by atoms with E-state index in [-0.39, 0.29) is 21.5 Å². The van der Waals surface area contributed by atoms with Crippen LogP contribution in [0.15, 0.2) is 59.9 Å². The highest BCUT2D eigenvalue weighted by atomic mass is 32.2. The number of methoxy groups -OCH3 is 1. The molecule has 4 rings (SSSR count). The number of rotatable bonds is 5. The second-order valence-electron chi connectivity index (χ2n) is 6.38. The van der Waals surface area contributed by atoms with E-state index in [1.54, 1.807) is 0 Å². The highest BCUT2D eigenvalue weighted by Crippen LogP contribution is 2.42. The Morgan fingerprint density at radius 1 is 1.00 bits per heavy atom. The third-order valence-electron chi connectivity index (χ3n) is 4.42. The minimum Gasteiger partial charge on any atom is -0.495 e. The molecule has 7 nitrogen and oxygen atoms in total. The van der Waals surface area contributed by atoms with Gasteiger partial charge in [-0.3, -0.25) is 0 Å². The largest absolute Gasteiger partial charge is 0.495 e. The number of fused-ring (bicyclic) bond motifs is 1. The summed E-state index contributed by atoms with van der Waals surface area (Å²) in [5.41, 5.74) is -1.30. The third kappa shape index (κ3) is 3.96. The first kappa shape index (κ1) is 21.9. The van der Waals surface area contributed by atoms with Crippen LogP contribution in [0.25, 0.3) is 10.8 Å². The van der Waals surface area contributed by atoms with Crippen LogP contribution in [0.1, 0.15) is 5.56 Å². The van der Waals surface area contributed by atoms with E-state index in [0.717, 1.165) is 19.4 Å². The van der Waals surface area contributed by atoms with Gasteiger partial charge in [0.15, 0.2) is 5.13 Å². The van der Waals surface area contributed by atoms with E-state index >= 15 is 0 Å². The maximum atomic E-state index is 13.7. The van der Waals surface area contributed by atoms with Crippen molar-refractivity contribution in [1.82, 2.24) is 15.2 Å². The Balaban J connectivity index is 1.93. The molecule has 0 fully saturated rings. The molecule has 4 aromatic rings. The molecule has 0 bridgehead atoms. The Kier molecular flexibility index (Phi) is 5.46. The van der Waals surface area contributed by atoms with Crippen molar-refractivity contribution in [3.63, 3.8) is 0 Å². The molecule has 2 aromatic carbocycles. The summed E-state index contributed by atoms with van der Waals surface area (Å²) in [6.07, 6.45) is -1.06. The van der Waals surface area contributed by atoms with Gasteiger partial charge in [-0.15, -0.1) is 0 Å². The molecule has 2 heterocycles. The second-order valence-corrected chi connectivity index (χ2v) is 9.13. The molecule has 0 saturated heterocycles. The van der Waals surface area contributed by atoms with Crippen molar-refractivity contribution in [3.8, 4) is 5.75 Å². The molecule has 2 aromatic heterocycles. The molecule has 166 valence electrons. The van der Waals surface area contributed by atoms with Gasteiger partial charge in [0.1, 0.15) is 11.4 Å². The van der Waals surface area contributed by atoms with Crippen LogP contribution < -0.4 is 9.04 Å².